The highest BCUT2D eigenvalue weighted by molar-refractivity contribution is 5.93. The standard InChI is InChI=1S/C21H15F3N6O2/c1-2-19(31)29-7-5-28(6-8-29)18-4-3-14(11-26-18)17-9-16(32-21(22,23)24)13-30-20(17)15(10-25)12-27-30/h1,3-4,9,11-13H,5-8H2. The first-order chi connectivity index (χ1) is 15.3. The van der Waals surface area contributed by atoms with Crippen LogP contribution in [-0.4, -0.2) is 57.9 Å². The molecule has 0 saturated carbocycles. The van der Waals surface area contributed by atoms with Gasteiger partial charge in [-0.15, -0.1) is 19.6 Å². The average molecular weight is 440 g/mol. The quantitative estimate of drug-likeness (QED) is 0.582. The molecule has 1 saturated heterocycles. The molecule has 11 heteroatoms. The third kappa shape index (κ3) is 4.14. The second-order valence-electron chi connectivity index (χ2n) is 6.93. The van der Waals surface area contributed by atoms with E-state index in [1.54, 1.807) is 17.0 Å². The normalized spacial score (nSPS) is 14.2. The van der Waals surface area contributed by atoms with Crippen molar-refractivity contribution in [3.8, 4) is 35.3 Å². The van der Waals surface area contributed by atoms with Crippen molar-refractivity contribution in [2.75, 3.05) is 31.1 Å². The first-order valence-corrected chi connectivity index (χ1v) is 9.43. The van der Waals surface area contributed by atoms with Gasteiger partial charge in [-0.1, -0.05) is 0 Å². The van der Waals surface area contributed by atoms with Crippen LogP contribution < -0.4 is 9.64 Å². The lowest BCUT2D eigenvalue weighted by Gasteiger charge is -2.34. The van der Waals surface area contributed by atoms with Crippen molar-refractivity contribution < 1.29 is 22.7 Å². The van der Waals surface area contributed by atoms with Gasteiger partial charge in [0.1, 0.15) is 17.6 Å². The van der Waals surface area contributed by atoms with Crippen LogP contribution in [0, 0.1) is 23.7 Å². The van der Waals surface area contributed by atoms with Gasteiger partial charge in [-0.2, -0.15) is 10.4 Å². The Balaban J connectivity index is 1.65. The number of hydrogen-bond acceptors (Lipinski definition) is 6. The summed E-state index contributed by atoms with van der Waals surface area (Å²) < 4.78 is 43.5. The average Bonchev–Trinajstić information content (AvgIpc) is 3.20. The molecule has 3 aromatic rings. The molecule has 1 aliphatic heterocycles. The number of amides is 1. The van der Waals surface area contributed by atoms with Crippen LogP contribution in [0.15, 0.2) is 36.8 Å². The van der Waals surface area contributed by atoms with E-state index in [1.807, 2.05) is 11.0 Å². The molecule has 0 spiro atoms. The summed E-state index contributed by atoms with van der Waals surface area (Å²) in [5, 5.41) is 13.3. The minimum atomic E-state index is -4.87. The van der Waals surface area contributed by atoms with E-state index < -0.39 is 12.1 Å². The lowest BCUT2D eigenvalue weighted by molar-refractivity contribution is -0.274. The molecule has 1 aliphatic rings. The molecule has 0 atom stereocenters. The number of pyridine rings is 2. The number of alkyl halides is 3. The fourth-order valence-electron chi connectivity index (χ4n) is 3.55. The van der Waals surface area contributed by atoms with E-state index in [1.165, 1.54) is 23.0 Å². The number of terminal acetylenes is 1. The summed E-state index contributed by atoms with van der Waals surface area (Å²) in [5.41, 5.74) is 1.36. The first kappa shape index (κ1) is 21.0. The van der Waals surface area contributed by atoms with Gasteiger partial charge >= 0.3 is 6.36 Å². The zero-order valence-electron chi connectivity index (χ0n) is 16.5. The number of ether oxygens (including phenoxy) is 1. The van der Waals surface area contributed by atoms with E-state index >= 15 is 0 Å². The molecule has 8 nitrogen and oxygen atoms in total. The van der Waals surface area contributed by atoms with Crippen molar-refractivity contribution in [2.45, 2.75) is 6.36 Å². The molecule has 32 heavy (non-hydrogen) atoms. The highest BCUT2D eigenvalue weighted by Crippen LogP contribution is 2.33. The van der Waals surface area contributed by atoms with Crippen LogP contribution in [0.25, 0.3) is 16.6 Å². The molecule has 4 heterocycles. The maximum absolute atomic E-state index is 12.7. The van der Waals surface area contributed by atoms with E-state index in [2.05, 4.69) is 20.7 Å². The van der Waals surface area contributed by atoms with E-state index in [9.17, 15) is 23.2 Å². The Hall–Kier alpha value is -4.25. The van der Waals surface area contributed by atoms with Crippen LogP contribution in [0.5, 0.6) is 5.75 Å². The van der Waals surface area contributed by atoms with E-state index in [0.717, 1.165) is 6.20 Å². The second kappa shape index (κ2) is 8.12. The van der Waals surface area contributed by atoms with Crippen molar-refractivity contribution in [1.29, 1.82) is 5.26 Å². The number of hydrogen-bond donors (Lipinski definition) is 0. The van der Waals surface area contributed by atoms with Gasteiger partial charge in [0.2, 0.25) is 0 Å². The molecule has 4 rings (SSSR count). The lowest BCUT2D eigenvalue weighted by atomic mass is 10.1. The molecule has 1 fully saturated rings. The van der Waals surface area contributed by atoms with Crippen LogP contribution >= 0.6 is 0 Å². The Morgan fingerprint density at radius 1 is 1.19 bits per heavy atom. The van der Waals surface area contributed by atoms with E-state index in [0.29, 0.717) is 48.6 Å². The number of nitriles is 1. The lowest BCUT2D eigenvalue weighted by Crippen LogP contribution is -2.48. The molecule has 0 unspecified atom stereocenters. The zero-order chi connectivity index (χ0) is 22.9. The number of rotatable bonds is 3. The zero-order valence-corrected chi connectivity index (χ0v) is 16.5. The molecule has 162 valence electrons. The van der Waals surface area contributed by atoms with Crippen LogP contribution in [-0.2, 0) is 4.79 Å². The van der Waals surface area contributed by atoms with Gasteiger partial charge in [0.25, 0.3) is 5.91 Å². The SMILES string of the molecule is C#CC(=O)N1CCN(c2ccc(-c3cc(OC(F)(F)F)cn4ncc(C#N)c34)cn2)CC1. The number of piperazine rings is 1. The minimum absolute atomic E-state index is 0.205. The minimum Gasteiger partial charge on any atom is -0.404 e. The predicted octanol–water partition coefficient (Wildman–Crippen LogP) is 2.45. The molecule has 0 N–H and O–H groups in total. The van der Waals surface area contributed by atoms with Crippen molar-refractivity contribution in [1.82, 2.24) is 19.5 Å². The fraction of sp³-hybridized carbons (Fsp3) is 0.238. The van der Waals surface area contributed by atoms with Crippen molar-refractivity contribution in [3.05, 3.63) is 42.4 Å². The summed E-state index contributed by atoms with van der Waals surface area (Å²) in [5.74, 6) is 1.92. The second-order valence-corrected chi connectivity index (χ2v) is 6.93. The Morgan fingerprint density at radius 3 is 2.53 bits per heavy atom. The summed E-state index contributed by atoms with van der Waals surface area (Å²) in [6.45, 7) is 2.01. The smallest absolute Gasteiger partial charge is 0.404 e. The van der Waals surface area contributed by atoms with Gasteiger partial charge in [-0.3, -0.25) is 4.79 Å². The van der Waals surface area contributed by atoms with Gasteiger partial charge in [-0.25, -0.2) is 9.50 Å². The Morgan fingerprint density at radius 2 is 1.94 bits per heavy atom. The largest absolute Gasteiger partial charge is 0.573 e. The molecule has 0 aromatic carbocycles. The summed E-state index contributed by atoms with van der Waals surface area (Å²) in [6, 6.07) is 6.61. The van der Waals surface area contributed by atoms with Crippen LogP contribution in [0.3, 0.4) is 0 Å². The highest BCUT2D eigenvalue weighted by atomic mass is 19.4. The molecule has 0 aliphatic carbocycles. The summed E-state index contributed by atoms with van der Waals surface area (Å²) in [4.78, 5) is 19.6. The number of halogens is 3. The van der Waals surface area contributed by atoms with Gasteiger partial charge in [-0.05, 0) is 24.1 Å². The topological polar surface area (TPSA) is 86.8 Å². The van der Waals surface area contributed by atoms with Crippen molar-refractivity contribution >= 4 is 17.2 Å². The van der Waals surface area contributed by atoms with Crippen molar-refractivity contribution in [2.24, 2.45) is 0 Å². The number of carbonyl (C=O) groups excluding carboxylic acids is 1. The number of aromatic nitrogens is 3. The number of carbonyl (C=O) groups is 1. The maximum atomic E-state index is 12.7. The molecule has 3 aromatic heterocycles. The third-order valence-electron chi connectivity index (χ3n) is 5.01. The fourth-order valence-corrected chi connectivity index (χ4v) is 3.55. The van der Waals surface area contributed by atoms with Gasteiger partial charge < -0.3 is 14.5 Å². The van der Waals surface area contributed by atoms with Gasteiger partial charge in [0, 0.05) is 43.5 Å². The van der Waals surface area contributed by atoms with Crippen LogP contribution in [0.2, 0.25) is 0 Å². The van der Waals surface area contributed by atoms with Gasteiger partial charge in [0.05, 0.1) is 23.5 Å². The third-order valence-corrected chi connectivity index (χ3v) is 5.01. The Bertz CT molecular complexity index is 1250. The van der Waals surface area contributed by atoms with Crippen LogP contribution in [0.1, 0.15) is 5.56 Å². The van der Waals surface area contributed by atoms with Crippen molar-refractivity contribution in [3.63, 3.8) is 0 Å². The monoisotopic (exact) mass is 440 g/mol. The van der Waals surface area contributed by atoms with Gasteiger partial charge in [0.15, 0.2) is 0 Å². The summed E-state index contributed by atoms with van der Waals surface area (Å²) >= 11 is 0. The molecule has 0 radical (unpaired) electrons. The number of nitrogens with zero attached hydrogens (tertiary/aromatic N) is 6. The van der Waals surface area contributed by atoms with E-state index in [4.69, 9.17) is 6.42 Å². The maximum Gasteiger partial charge on any atom is 0.573 e. The molecule has 1 amide bonds. The summed E-state index contributed by atoms with van der Waals surface area (Å²) in [6.07, 6.45) is 4.12. The highest BCUT2D eigenvalue weighted by Gasteiger charge is 2.32. The predicted molar refractivity (Wildman–Crippen MR) is 107 cm³/mol. The Kier molecular flexibility index (Phi) is 5.33. The molecular formula is C21H15F3N6O2. The van der Waals surface area contributed by atoms with Crippen LogP contribution in [0.4, 0.5) is 19.0 Å². The summed E-state index contributed by atoms with van der Waals surface area (Å²) in [7, 11) is 0. The molecular weight excluding hydrogens is 425 g/mol. The Labute approximate surface area is 180 Å². The number of fused-ring (bicyclic) bond motifs is 1. The molecule has 0 bridgehead atoms. The number of anilines is 1. The first-order valence-electron chi connectivity index (χ1n) is 9.43. The van der Waals surface area contributed by atoms with E-state index in [-0.39, 0.29) is 11.5 Å².